The molecule has 1 unspecified atom stereocenters. The van der Waals surface area contributed by atoms with Gasteiger partial charge in [0.2, 0.25) is 5.91 Å². The molecule has 2 aliphatic heterocycles. The van der Waals surface area contributed by atoms with E-state index in [-0.39, 0.29) is 6.04 Å². The summed E-state index contributed by atoms with van der Waals surface area (Å²) >= 11 is 3.78. The van der Waals surface area contributed by atoms with Crippen LogP contribution in [0.3, 0.4) is 0 Å². The Morgan fingerprint density at radius 3 is 3.00 bits per heavy atom. The van der Waals surface area contributed by atoms with Crippen LogP contribution >= 0.6 is 23.5 Å². The highest BCUT2D eigenvalue weighted by Gasteiger charge is 2.27. The van der Waals surface area contributed by atoms with Crippen LogP contribution in [0.5, 0.6) is 0 Å². The van der Waals surface area contributed by atoms with Gasteiger partial charge in [-0.3, -0.25) is 10.1 Å². The topological polar surface area (TPSA) is 32.3 Å². The molecule has 1 amide bonds. The Labute approximate surface area is 93.4 Å². The van der Waals surface area contributed by atoms with Crippen molar-refractivity contribution in [2.75, 3.05) is 36.2 Å². The first-order valence-electron chi connectivity index (χ1n) is 5.05. The molecule has 0 aromatic heterocycles. The fourth-order valence-corrected chi connectivity index (χ4v) is 3.56. The Morgan fingerprint density at radius 2 is 2.21 bits per heavy atom. The van der Waals surface area contributed by atoms with Crippen molar-refractivity contribution in [2.45, 2.75) is 12.5 Å². The first kappa shape index (κ1) is 10.6. The zero-order valence-electron chi connectivity index (χ0n) is 8.20. The van der Waals surface area contributed by atoms with Crippen molar-refractivity contribution < 1.29 is 4.79 Å². The van der Waals surface area contributed by atoms with Gasteiger partial charge in [0.05, 0.1) is 6.04 Å². The van der Waals surface area contributed by atoms with Crippen LogP contribution in [0.1, 0.15) is 6.42 Å². The first-order valence-corrected chi connectivity index (χ1v) is 7.36. The van der Waals surface area contributed by atoms with Crippen LogP contribution in [-0.2, 0) is 4.79 Å². The summed E-state index contributed by atoms with van der Waals surface area (Å²) < 4.78 is 0. The molecule has 2 heterocycles. The molecule has 3 nitrogen and oxygen atoms in total. The predicted molar refractivity (Wildman–Crippen MR) is 62.8 cm³/mol. The van der Waals surface area contributed by atoms with Gasteiger partial charge in [-0.05, 0) is 12.2 Å². The van der Waals surface area contributed by atoms with E-state index in [0.717, 1.165) is 36.9 Å². The van der Waals surface area contributed by atoms with Gasteiger partial charge in [0, 0.05) is 30.5 Å². The van der Waals surface area contributed by atoms with Crippen molar-refractivity contribution in [1.82, 2.24) is 10.2 Å². The monoisotopic (exact) mass is 232 g/mol. The van der Waals surface area contributed by atoms with Gasteiger partial charge in [0.25, 0.3) is 0 Å². The molecule has 0 aromatic rings. The van der Waals surface area contributed by atoms with E-state index in [2.05, 4.69) is 5.32 Å². The Hall–Kier alpha value is 0.130. The van der Waals surface area contributed by atoms with Crippen LogP contribution in [0.15, 0.2) is 0 Å². The van der Waals surface area contributed by atoms with Gasteiger partial charge in [0.15, 0.2) is 0 Å². The minimum absolute atomic E-state index is 0.0862. The molecule has 0 aromatic carbocycles. The number of carbonyl (C=O) groups is 1. The molecule has 0 radical (unpaired) electrons. The second-order valence-electron chi connectivity index (χ2n) is 3.56. The summed E-state index contributed by atoms with van der Waals surface area (Å²) in [5.41, 5.74) is 0. The summed E-state index contributed by atoms with van der Waals surface area (Å²) in [4.78, 5) is 14.0. The largest absolute Gasteiger partial charge is 0.340 e. The molecule has 0 saturated carbocycles. The second-order valence-corrected chi connectivity index (χ2v) is 5.82. The highest BCUT2D eigenvalue weighted by Crippen LogP contribution is 2.15. The lowest BCUT2D eigenvalue weighted by molar-refractivity contribution is -0.132. The maximum atomic E-state index is 12.0. The molecule has 2 saturated heterocycles. The fraction of sp³-hybridized carbons (Fsp3) is 0.889. The van der Waals surface area contributed by atoms with E-state index in [0.29, 0.717) is 5.91 Å². The van der Waals surface area contributed by atoms with Gasteiger partial charge in [-0.2, -0.15) is 11.8 Å². The number of nitrogens with one attached hydrogen (secondary N) is 1. The van der Waals surface area contributed by atoms with Crippen LogP contribution in [0.2, 0.25) is 0 Å². The van der Waals surface area contributed by atoms with Crippen LogP contribution in [0.25, 0.3) is 0 Å². The molecule has 2 aliphatic rings. The molecule has 2 fully saturated rings. The summed E-state index contributed by atoms with van der Waals surface area (Å²) in [7, 11) is 0. The molecule has 1 atom stereocenters. The maximum absolute atomic E-state index is 12.0. The standard InChI is InChI=1S/C9H16N2OS2/c12-9(8-6-14-7-10-8)11-2-1-4-13-5-3-11/h8,10H,1-7H2. The van der Waals surface area contributed by atoms with Crippen molar-refractivity contribution in [3.63, 3.8) is 0 Å². The van der Waals surface area contributed by atoms with Crippen LogP contribution in [0.4, 0.5) is 0 Å². The fourth-order valence-electron chi connectivity index (χ4n) is 1.74. The Morgan fingerprint density at radius 1 is 1.29 bits per heavy atom. The minimum atomic E-state index is 0.0862. The van der Waals surface area contributed by atoms with E-state index < -0.39 is 0 Å². The van der Waals surface area contributed by atoms with Crippen molar-refractivity contribution in [3.05, 3.63) is 0 Å². The van der Waals surface area contributed by atoms with E-state index in [1.54, 1.807) is 0 Å². The van der Waals surface area contributed by atoms with E-state index in [1.165, 1.54) is 5.75 Å². The summed E-state index contributed by atoms with van der Waals surface area (Å²) in [6, 6.07) is 0.0862. The Bertz CT molecular complexity index is 199. The number of carbonyl (C=O) groups excluding carboxylic acids is 1. The predicted octanol–water partition coefficient (Wildman–Crippen LogP) is 0.614. The number of hydrogen-bond donors (Lipinski definition) is 1. The lowest BCUT2D eigenvalue weighted by atomic mass is 10.2. The number of nitrogens with zero attached hydrogens (tertiary/aromatic N) is 1. The third-order valence-corrected chi connectivity index (χ3v) is 4.54. The SMILES string of the molecule is O=C(C1CSCN1)N1CCCSCC1. The molecule has 0 spiro atoms. The molecule has 0 aliphatic carbocycles. The molecule has 5 heteroatoms. The zero-order valence-corrected chi connectivity index (χ0v) is 9.83. The molecule has 2 rings (SSSR count). The van der Waals surface area contributed by atoms with Gasteiger partial charge < -0.3 is 4.90 Å². The second kappa shape index (κ2) is 5.28. The maximum Gasteiger partial charge on any atom is 0.240 e. The first-order chi connectivity index (χ1) is 6.88. The van der Waals surface area contributed by atoms with Crippen LogP contribution in [-0.4, -0.2) is 53.1 Å². The zero-order chi connectivity index (χ0) is 9.80. The third kappa shape index (κ3) is 2.58. The Kier molecular flexibility index (Phi) is 4.01. The van der Waals surface area contributed by atoms with Gasteiger partial charge in [-0.25, -0.2) is 0 Å². The quantitative estimate of drug-likeness (QED) is 0.718. The minimum Gasteiger partial charge on any atom is -0.340 e. The average Bonchev–Trinajstić information content (AvgIpc) is 2.59. The molecule has 14 heavy (non-hydrogen) atoms. The molecular formula is C9H16N2OS2. The molecule has 1 N–H and O–H groups in total. The summed E-state index contributed by atoms with van der Waals surface area (Å²) in [6.45, 7) is 1.89. The van der Waals surface area contributed by atoms with E-state index in [9.17, 15) is 4.79 Å². The average molecular weight is 232 g/mol. The Balaban J connectivity index is 1.88. The van der Waals surface area contributed by atoms with E-state index >= 15 is 0 Å². The third-order valence-electron chi connectivity index (χ3n) is 2.55. The van der Waals surface area contributed by atoms with E-state index in [1.807, 2.05) is 28.4 Å². The van der Waals surface area contributed by atoms with Crippen molar-refractivity contribution >= 4 is 29.4 Å². The highest BCUT2D eigenvalue weighted by molar-refractivity contribution is 7.99. The molecular weight excluding hydrogens is 216 g/mol. The van der Waals surface area contributed by atoms with Gasteiger partial charge in [-0.1, -0.05) is 0 Å². The molecule has 0 bridgehead atoms. The van der Waals surface area contributed by atoms with E-state index in [4.69, 9.17) is 0 Å². The lowest BCUT2D eigenvalue weighted by Crippen LogP contribution is -2.45. The number of thioether (sulfide) groups is 2. The summed E-state index contributed by atoms with van der Waals surface area (Å²) in [5.74, 6) is 4.50. The number of rotatable bonds is 1. The lowest BCUT2D eigenvalue weighted by Gasteiger charge is -2.23. The highest BCUT2D eigenvalue weighted by atomic mass is 32.2. The van der Waals surface area contributed by atoms with Crippen molar-refractivity contribution in [1.29, 1.82) is 0 Å². The van der Waals surface area contributed by atoms with Crippen LogP contribution in [0, 0.1) is 0 Å². The van der Waals surface area contributed by atoms with Gasteiger partial charge in [0.1, 0.15) is 0 Å². The smallest absolute Gasteiger partial charge is 0.240 e. The summed E-state index contributed by atoms with van der Waals surface area (Å²) in [6.07, 6.45) is 1.15. The number of hydrogen-bond acceptors (Lipinski definition) is 4. The van der Waals surface area contributed by atoms with Crippen LogP contribution < -0.4 is 5.32 Å². The van der Waals surface area contributed by atoms with Crippen molar-refractivity contribution in [2.24, 2.45) is 0 Å². The normalized spacial score (nSPS) is 28.9. The van der Waals surface area contributed by atoms with Gasteiger partial charge in [-0.15, -0.1) is 11.8 Å². The molecule has 80 valence electrons. The summed E-state index contributed by atoms with van der Waals surface area (Å²) in [5, 5.41) is 3.24. The van der Waals surface area contributed by atoms with Crippen molar-refractivity contribution in [3.8, 4) is 0 Å². The number of amides is 1. The van der Waals surface area contributed by atoms with Gasteiger partial charge >= 0.3 is 0 Å².